The van der Waals surface area contributed by atoms with Crippen LogP contribution in [0.25, 0.3) is 0 Å². The Balaban J connectivity index is 1.83. The largest absolute Gasteiger partial charge is 0.326 e. The van der Waals surface area contributed by atoms with Crippen molar-refractivity contribution in [3.63, 3.8) is 0 Å². The van der Waals surface area contributed by atoms with E-state index >= 15 is 0 Å². The molecule has 0 aromatic heterocycles. The first-order valence-corrected chi connectivity index (χ1v) is 8.53. The van der Waals surface area contributed by atoms with Crippen molar-refractivity contribution < 1.29 is 9.00 Å². The lowest BCUT2D eigenvalue weighted by molar-refractivity contribution is -0.113. The zero-order chi connectivity index (χ0) is 14.4. The van der Waals surface area contributed by atoms with Crippen molar-refractivity contribution in [3.8, 4) is 0 Å². The Morgan fingerprint density at radius 1 is 1.20 bits per heavy atom. The fraction of sp³-hybridized carbons (Fsp3) is 0.533. The van der Waals surface area contributed by atoms with Crippen molar-refractivity contribution in [2.75, 3.05) is 11.1 Å². The number of anilines is 1. The lowest BCUT2D eigenvalue weighted by atomic mass is 10.0. The number of hydrogen-bond acceptors (Lipinski definition) is 3. The summed E-state index contributed by atoms with van der Waals surface area (Å²) in [5.41, 5.74) is 7.27. The standard InChI is InChI=1S/C15H22N2O2S/c16-10-12-6-8-13(9-7-12)17-15(18)11-20(19)14-4-2-1-3-5-14/h6-9,14H,1-5,10-11,16H2,(H,17,18). The van der Waals surface area contributed by atoms with Crippen molar-refractivity contribution in [1.82, 2.24) is 0 Å². The van der Waals surface area contributed by atoms with E-state index in [-0.39, 0.29) is 16.9 Å². The van der Waals surface area contributed by atoms with E-state index in [0.29, 0.717) is 6.54 Å². The molecule has 0 bridgehead atoms. The van der Waals surface area contributed by atoms with E-state index in [9.17, 15) is 9.00 Å². The van der Waals surface area contributed by atoms with Gasteiger partial charge in [0.15, 0.2) is 0 Å². The summed E-state index contributed by atoms with van der Waals surface area (Å²) in [6, 6.07) is 7.41. The van der Waals surface area contributed by atoms with Crippen molar-refractivity contribution >= 4 is 22.4 Å². The second kappa shape index (κ2) is 7.55. The van der Waals surface area contributed by atoms with Gasteiger partial charge in [0.2, 0.25) is 5.91 Å². The molecule has 0 spiro atoms. The van der Waals surface area contributed by atoms with Crippen LogP contribution in [0.1, 0.15) is 37.7 Å². The van der Waals surface area contributed by atoms with Gasteiger partial charge in [-0.2, -0.15) is 0 Å². The average molecular weight is 294 g/mol. The van der Waals surface area contributed by atoms with Crippen molar-refractivity contribution in [2.45, 2.75) is 43.9 Å². The summed E-state index contributed by atoms with van der Waals surface area (Å²) in [6.07, 6.45) is 5.49. The maximum Gasteiger partial charge on any atom is 0.237 e. The van der Waals surface area contributed by atoms with E-state index in [1.54, 1.807) is 0 Å². The normalized spacial score (nSPS) is 17.6. The minimum absolute atomic E-state index is 0.101. The molecular formula is C15H22N2O2S. The van der Waals surface area contributed by atoms with Gasteiger partial charge in [0, 0.05) is 28.3 Å². The number of carbonyl (C=O) groups is 1. The summed E-state index contributed by atoms with van der Waals surface area (Å²) in [5.74, 6) is -0.0713. The highest BCUT2D eigenvalue weighted by molar-refractivity contribution is 7.86. The Labute approximate surface area is 122 Å². The van der Waals surface area contributed by atoms with Crippen LogP contribution in [0.15, 0.2) is 24.3 Å². The quantitative estimate of drug-likeness (QED) is 0.874. The van der Waals surface area contributed by atoms with Crippen LogP contribution in [0.4, 0.5) is 5.69 Å². The highest BCUT2D eigenvalue weighted by Gasteiger charge is 2.21. The van der Waals surface area contributed by atoms with Gasteiger partial charge >= 0.3 is 0 Å². The molecule has 1 aromatic carbocycles. The maximum absolute atomic E-state index is 12.1. The van der Waals surface area contributed by atoms with E-state index in [0.717, 1.165) is 36.9 Å². The summed E-state index contributed by atoms with van der Waals surface area (Å²) in [5, 5.41) is 2.99. The predicted octanol–water partition coefficient (Wildman–Crippen LogP) is 2.17. The molecule has 1 fully saturated rings. The fourth-order valence-corrected chi connectivity index (χ4v) is 3.92. The molecular weight excluding hydrogens is 272 g/mol. The second-order valence-corrected chi connectivity index (χ2v) is 6.95. The molecule has 5 heteroatoms. The highest BCUT2D eigenvalue weighted by Crippen LogP contribution is 2.22. The van der Waals surface area contributed by atoms with E-state index in [1.807, 2.05) is 24.3 Å². The SMILES string of the molecule is NCc1ccc(NC(=O)CS(=O)C2CCCCC2)cc1. The van der Waals surface area contributed by atoms with Crippen molar-refractivity contribution in [3.05, 3.63) is 29.8 Å². The summed E-state index contributed by atoms with van der Waals surface area (Å²) in [7, 11) is -1.05. The molecule has 4 nitrogen and oxygen atoms in total. The van der Waals surface area contributed by atoms with E-state index in [4.69, 9.17) is 5.73 Å². The van der Waals surface area contributed by atoms with Gasteiger partial charge in [-0.25, -0.2) is 0 Å². The molecule has 1 aromatic rings. The molecule has 1 aliphatic rings. The fourth-order valence-electron chi connectivity index (χ4n) is 2.50. The number of carbonyl (C=O) groups excluding carboxylic acids is 1. The summed E-state index contributed by atoms with van der Waals surface area (Å²) < 4.78 is 12.1. The Morgan fingerprint density at radius 2 is 1.85 bits per heavy atom. The molecule has 1 saturated carbocycles. The molecule has 3 N–H and O–H groups in total. The summed E-state index contributed by atoms with van der Waals surface area (Å²) in [4.78, 5) is 11.9. The van der Waals surface area contributed by atoms with Gasteiger partial charge in [-0.1, -0.05) is 31.4 Å². The molecule has 0 heterocycles. The third-order valence-electron chi connectivity index (χ3n) is 3.67. The minimum atomic E-state index is -1.05. The molecule has 1 amide bonds. The molecule has 2 rings (SSSR count). The van der Waals surface area contributed by atoms with Crippen LogP contribution in [0, 0.1) is 0 Å². The molecule has 0 radical (unpaired) electrons. The Hall–Kier alpha value is -1.20. The van der Waals surface area contributed by atoms with Crippen molar-refractivity contribution in [1.29, 1.82) is 0 Å². The summed E-state index contributed by atoms with van der Waals surface area (Å²) >= 11 is 0. The monoisotopic (exact) mass is 294 g/mol. The topological polar surface area (TPSA) is 72.2 Å². The van der Waals surface area contributed by atoms with Crippen LogP contribution >= 0.6 is 0 Å². The lowest BCUT2D eigenvalue weighted by Gasteiger charge is -2.20. The number of amides is 1. The van der Waals surface area contributed by atoms with Gasteiger partial charge in [0.1, 0.15) is 5.75 Å². The Morgan fingerprint density at radius 3 is 2.45 bits per heavy atom. The minimum Gasteiger partial charge on any atom is -0.326 e. The molecule has 110 valence electrons. The van der Waals surface area contributed by atoms with Crippen LogP contribution < -0.4 is 11.1 Å². The van der Waals surface area contributed by atoms with Gasteiger partial charge in [0.25, 0.3) is 0 Å². The van der Waals surface area contributed by atoms with Crippen LogP contribution in [-0.4, -0.2) is 21.1 Å². The highest BCUT2D eigenvalue weighted by atomic mass is 32.2. The zero-order valence-electron chi connectivity index (χ0n) is 11.6. The van der Waals surface area contributed by atoms with Gasteiger partial charge in [-0.15, -0.1) is 0 Å². The van der Waals surface area contributed by atoms with Gasteiger partial charge in [-0.3, -0.25) is 9.00 Å². The van der Waals surface area contributed by atoms with Crippen LogP contribution in [0.3, 0.4) is 0 Å². The van der Waals surface area contributed by atoms with Gasteiger partial charge < -0.3 is 11.1 Å². The zero-order valence-corrected chi connectivity index (χ0v) is 12.5. The molecule has 0 saturated heterocycles. The number of hydrogen-bond donors (Lipinski definition) is 2. The van der Waals surface area contributed by atoms with Crippen LogP contribution in [0.5, 0.6) is 0 Å². The van der Waals surface area contributed by atoms with E-state index < -0.39 is 10.8 Å². The molecule has 1 unspecified atom stereocenters. The molecule has 20 heavy (non-hydrogen) atoms. The third kappa shape index (κ3) is 4.42. The van der Waals surface area contributed by atoms with Gasteiger partial charge in [-0.05, 0) is 30.5 Å². The third-order valence-corrected chi connectivity index (χ3v) is 5.43. The molecule has 1 atom stereocenters. The first kappa shape index (κ1) is 15.2. The van der Waals surface area contributed by atoms with Crippen LogP contribution in [0.2, 0.25) is 0 Å². The average Bonchev–Trinajstić information content (AvgIpc) is 2.49. The number of nitrogens with one attached hydrogen (secondary N) is 1. The predicted molar refractivity (Wildman–Crippen MR) is 82.8 cm³/mol. The number of benzene rings is 1. The maximum atomic E-state index is 12.1. The number of nitrogens with two attached hydrogens (primary N) is 1. The summed E-state index contributed by atoms with van der Waals surface area (Å²) in [6.45, 7) is 0.486. The lowest BCUT2D eigenvalue weighted by Crippen LogP contribution is -2.27. The van der Waals surface area contributed by atoms with Crippen molar-refractivity contribution in [2.24, 2.45) is 5.73 Å². The molecule has 1 aliphatic carbocycles. The smallest absolute Gasteiger partial charge is 0.237 e. The van der Waals surface area contributed by atoms with E-state index in [2.05, 4.69) is 5.32 Å². The van der Waals surface area contributed by atoms with Gasteiger partial charge in [0.05, 0.1) is 0 Å². The number of rotatable bonds is 5. The first-order chi connectivity index (χ1) is 9.69. The Kier molecular flexibility index (Phi) is 5.73. The Bertz CT molecular complexity index is 467. The van der Waals surface area contributed by atoms with Crippen LogP contribution in [-0.2, 0) is 22.1 Å². The first-order valence-electron chi connectivity index (χ1n) is 7.15. The van der Waals surface area contributed by atoms with E-state index in [1.165, 1.54) is 6.42 Å². The second-order valence-electron chi connectivity index (χ2n) is 5.23. The molecule has 0 aliphatic heterocycles.